The zero-order valence-corrected chi connectivity index (χ0v) is 15.5. The second-order valence-electron chi connectivity index (χ2n) is 6.03. The summed E-state index contributed by atoms with van der Waals surface area (Å²) in [4.78, 5) is 12.0. The first-order valence-electron chi connectivity index (χ1n) is 8.34. The fourth-order valence-corrected chi connectivity index (χ4v) is 3.44. The van der Waals surface area contributed by atoms with Gasteiger partial charge in [0.05, 0.1) is 0 Å². The van der Waals surface area contributed by atoms with Gasteiger partial charge in [0, 0.05) is 32.9 Å². The Balaban J connectivity index is 1.42. The second kappa shape index (κ2) is 7.26. The van der Waals surface area contributed by atoms with E-state index in [1.165, 1.54) is 11.5 Å². The van der Waals surface area contributed by atoms with E-state index in [0.29, 0.717) is 0 Å². The molecule has 1 heterocycles. The third kappa shape index (κ3) is 3.46. The van der Waals surface area contributed by atoms with Gasteiger partial charge in [0.1, 0.15) is 6.61 Å². The van der Waals surface area contributed by atoms with E-state index in [1.807, 2.05) is 48.5 Å². The van der Waals surface area contributed by atoms with Gasteiger partial charge in [0.2, 0.25) is 0 Å². The van der Waals surface area contributed by atoms with E-state index in [4.69, 9.17) is 4.74 Å². The van der Waals surface area contributed by atoms with E-state index in [0.717, 1.165) is 26.8 Å². The molecular formula is C20H16BBrN2O2. The lowest BCUT2D eigenvalue weighted by Gasteiger charge is -2.24. The number of esters is 1. The fraction of sp³-hybridized carbons (Fsp3) is 0.0500. The molecule has 0 atom stereocenters. The van der Waals surface area contributed by atoms with Gasteiger partial charge in [-0.25, -0.2) is 4.79 Å². The molecular weight excluding hydrogens is 391 g/mol. The SMILES string of the molecule is O=C(/C=C/B1Nc2cccc3cccc(c23)N1)OCc1ccccc1Br. The Morgan fingerprint density at radius 2 is 1.69 bits per heavy atom. The van der Waals surface area contributed by atoms with Crippen LogP contribution < -0.4 is 10.5 Å². The number of halogens is 1. The Morgan fingerprint density at radius 1 is 1.00 bits per heavy atom. The van der Waals surface area contributed by atoms with E-state index in [-0.39, 0.29) is 19.6 Å². The van der Waals surface area contributed by atoms with Crippen molar-refractivity contribution in [1.82, 2.24) is 0 Å². The maximum absolute atomic E-state index is 12.0. The number of hydrogen-bond donors (Lipinski definition) is 2. The highest BCUT2D eigenvalue weighted by Crippen LogP contribution is 2.33. The van der Waals surface area contributed by atoms with E-state index >= 15 is 0 Å². The van der Waals surface area contributed by atoms with Crippen molar-refractivity contribution in [3.8, 4) is 0 Å². The molecule has 0 amide bonds. The van der Waals surface area contributed by atoms with Crippen molar-refractivity contribution in [1.29, 1.82) is 0 Å². The van der Waals surface area contributed by atoms with Crippen LogP contribution in [0.1, 0.15) is 5.56 Å². The van der Waals surface area contributed by atoms with Crippen molar-refractivity contribution in [3.05, 3.63) is 82.8 Å². The summed E-state index contributed by atoms with van der Waals surface area (Å²) in [5.41, 5.74) is 3.03. The maximum Gasteiger partial charge on any atom is 0.398 e. The summed E-state index contributed by atoms with van der Waals surface area (Å²) in [7, 11) is 0. The van der Waals surface area contributed by atoms with Gasteiger partial charge in [-0.3, -0.25) is 0 Å². The molecule has 1 aliphatic heterocycles. The van der Waals surface area contributed by atoms with Gasteiger partial charge < -0.3 is 15.2 Å². The molecule has 0 saturated heterocycles. The standard InChI is InChI=1S/C20H16BBrN2O2/c22-16-8-2-1-5-15(16)13-26-19(25)11-12-21-23-17-9-3-6-14-7-4-10-18(24-21)20(14)17/h1-12,23-24H,13H2/b12-11+. The summed E-state index contributed by atoms with van der Waals surface area (Å²) < 4.78 is 6.24. The molecule has 128 valence electrons. The normalized spacial score (nSPS) is 12.7. The molecule has 0 unspecified atom stereocenters. The third-order valence-electron chi connectivity index (χ3n) is 4.28. The van der Waals surface area contributed by atoms with Crippen molar-refractivity contribution >= 4 is 51.0 Å². The highest BCUT2D eigenvalue weighted by molar-refractivity contribution is 9.10. The van der Waals surface area contributed by atoms with Crippen LogP contribution in [0.3, 0.4) is 0 Å². The number of benzene rings is 3. The van der Waals surface area contributed by atoms with Crippen LogP contribution in [-0.2, 0) is 16.1 Å². The summed E-state index contributed by atoms with van der Waals surface area (Å²) in [5.74, 6) is 1.40. The highest BCUT2D eigenvalue weighted by atomic mass is 79.9. The highest BCUT2D eigenvalue weighted by Gasteiger charge is 2.21. The molecule has 3 aromatic rings. The minimum absolute atomic E-state index is 0.175. The molecule has 0 aromatic heterocycles. The lowest BCUT2D eigenvalue weighted by molar-refractivity contribution is -0.139. The summed E-state index contributed by atoms with van der Waals surface area (Å²) >= 11 is 3.45. The Bertz CT molecular complexity index is 965. The molecule has 2 N–H and O–H groups in total. The maximum atomic E-state index is 12.0. The average molecular weight is 407 g/mol. The van der Waals surface area contributed by atoms with Crippen LogP contribution in [0.15, 0.2) is 77.2 Å². The van der Waals surface area contributed by atoms with Crippen molar-refractivity contribution in [2.45, 2.75) is 6.61 Å². The zero-order chi connectivity index (χ0) is 17.9. The first-order chi connectivity index (χ1) is 12.7. The molecule has 0 aliphatic carbocycles. The number of carbonyl (C=O) groups excluding carboxylic acids is 1. The molecule has 0 fully saturated rings. The number of ether oxygens (including phenoxy) is 1. The topological polar surface area (TPSA) is 50.4 Å². The predicted octanol–water partition coefficient (Wildman–Crippen LogP) is 4.77. The lowest BCUT2D eigenvalue weighted by atomic mass is 9.73. The molecule has 0 saturated carbocycles. The number of anilines is 2. The molecule has 4 rings (SSSR count). The summed E-state index contributed by atoms with van der Waals surface area (Å²) in [6.45, 7) is 0.0599. The van der Waals surface area contributed by atoms with E-state index in [1.54, 1.807) is 5.98 Å². The Hall–Kier alpha value is -2.73. The number of hydrogen-bond acceptors (Lipinski definition) is 4. The molecule has 0 bridgehead atoms. The number of nitrogens with one attached hydrogen (secondary N) is 2. The first-order valence-corrected chi connectivity index (χ1v) is 9.13. The predicted molar refractivity (Wildman–Crippen MR) is 110 cm³/mol. The van der Waals surface area contributed by atoms with Crippen LogP contribution in [0.4, 0.5) is 11.4 Å². The van der Waals surface area contributed by atoms with Gasteiger partial charge in [-0.2, -0.15) is 0 Å². The van der Waals surface area contributed by atoms with E-state index in [9.17, 15) is 4.79 Å². The van der Waals surface area contributed by atoms with Gasteiger partial charge in [-0.1, -0.05) is 64.4 Å². The van der Waals surface area contributed by atoms with Crippen LogP contribution in [-0.4, -0.2) is 13.0 Å². The van der Waals surface area contributed by atoms with Crippen LogP contribution in [0.2, 0.25) is 0 Å². The van der Waals surface area contributed by atoms with E-state index in [2.05, 4.69) is 38.5 Å². The summed E-state index contributed by atoms with van der Waals surface area (Å²) in [6, 6.07) is 20.0. The van der Waals surface area contributed by atoms with Crippen molar-refractivity contribution in [2.24, 2.45) is 0 Å². The molecule has 0 spiro atoms. The molecule has 3 aromatic carbocycles. The van der Waals surface area contributed by atoms with Crippen LogP contribution in [0, 0.1) is 0 Å². The lowest BCUT2D eigenvalue weighted by Crippen LogP contribution is -2.35. The molecule has 26 heavy (non-hydrogen) atoms. The van der Waals surface area contributed by atoms with E-state index < -0.39 is 0 Å². The Morgan fingerprint density at radius 3 is 2.38 bits per heavy atom. The quantitative estimate of drug-likeness (QED) is 0.372. The second-order valence-corrected chi connectivity index (χ2v) is 6.89. The first kappa shape index (κ1) is 16.7. The van der Waals surface area contributed by atoms with Gasteiger partial charge in [-0.05, 0) is 23.6 Å². The Labute approximate surface area is 160 Å². The summed E-state index contributed by atoms with van der Waals surface area (Å²) in [6.07, 6.45) is 1.45. The van der Waals surface area contributed by atoms with Crippen LogP contribution in [0.25, 0.3) is 10.8 Å². The molecule has 0 radical (unpaired) electrons. The molecule has 4 nitrogen and oxygen atoms in total. The summed E-state index contributed by atoms with van der Waals surface area (Å²) in [5, 5.41) is 9.11. The van der Waals surface area contributed by atoms with Crippen molar-refractivity contribution < 1.29 is 9.53 Å². The molecule has 1 aliphatic rings. The average Bonchev–Trinajstić information content (AvgIpc) is 2.66. The van der Waals surface area contributed by atoms with Gasteiger partial charge in [-0.15, -0.1) is 0 Å². The monoisotopic (exact) mass is 406 g/mol. The van der Waals surface area contributed by atoms with Crippen LogP contribution >= 0.6 is 15.9 Å². The van der Waals surface area contributed by atoms with Crippen LogP contribution in [0.5, 0.6) is 0 Å². The van der Waals surface area contributed by atoms with Crippen molar-refractivity contribution in [3.63, 3.8) is 0 Å². The van der Waals surface area contributed by atoms with Gasteiger partial charge in [0.15, 0.2) is 0 Å². The Kier molecular flexibility index (Phi) is 4.67. The van der Waals surface area contributed by atoms with Gasteiger partial charge >= 0.3 is 13.0 Å². The fourth-order valence-electron chi connectivity index (χ4n) is 3.04. The third-order valence-corrected chi connectivity index (χ3v) is 5.05. The van der Waals surface area contributed by atoms with Gasteiger partial charge in [0.25, 0.3) is 0 Å². The molecule has 6 heteroatoms. The minimum Gasteiger partial charge on any atom is -0.458 e. The largest absolute Gasteiger partial charge is 0.458 e. The minimum atomic E-state index is -0.374. The zero-order valence-electron chi connectivity index (χ0n) is 13.9. The number of rotatable bonds is 4. The van der Waals surface area contributed by atoms with Crippen molar-refractivity contribution in [2.75, 3.05) is 10.5 Å². The smallest absolute Gasteiger partial charge is 0.398 e. The number of carbonyl (C=O) groups is 1.